The Bertz CT molecular complexity index is 413. The first-order valence-electron chi connectivity index (χ1n) is 7.38. The second-order valence-corrected chi connectivity index (χ2v) is 5.76. The predicted octanol–water partition coefficient (Wildman–Crippen LogP) is 2.09. The molecule has 19 heavy (non-hydrogen) atoms. The van der Waals surface area contributed by atoms with E-state index in [1.54, 1.807) is 4.68 Å². The molecule has 4 heteroatoms. The molecule has 1 aliphatic rings. The van der Waals surface area contributed by atoms with Crippen LogP contribution in [-0.2, 0) is 18.3 Å². The summed E-state index contributed by atoms with van der Waals surface area (Å²) in [6, 6.07) is 0. The normalized spacial score (nSPS) is 23.5. The first-order chi connectivity index (χ1) is 9.16. The third kappa shape index (κ3) is 3.44. The van der Waals surface area contributed by atoms with Gasteiger partial charge in [-0.2, -0.15) is 5.10 Å². The Morgan fingerprint density at radius 2 is 2.42 bits per heavy atom. The van der Waals surface area contributed by atoms with Crippen LogP contribution < -0.4 is 5.32 Å². The second-order valence-electron chi connectivity index (χ2n) is 5.76. The van der Waals surface area contributed by atoms with E-state index in [9.17, 15) is 4.79 Å². The van der Waals surface area contributed by atoms with E-state index in [0.717, 1.165) is 50.8 Å². The maximum absolute atomic E-state index is 12.6. The van der Waals surface area contributed by atoms with Crippen molar-refractivity contribution in [3.63, 3.8) is 0 Å². The Morgan fingerprint density at radius 1 is 1.58 bits per heavy atom. The lowest BCUT2D eigenvalue weighted by Gasteiger charge is -2.36. The smallest absolute Gasteiger partial charge is 0.140 e. The molecule has 0 saturated carbocycles. The van der Waals surface area contributed by atoms with Crippen LogP contribution in [-0.4, -0.2) is 28.7 Å². The van der Waals surface area contributed by atoms with Gasteiger partial charge in [-0.15, -0.1) is 0 Å². The summed E-state index contributed by atoms with van der Waals surface area (Å²) in [5.74, 6) is 0.436. The quantitative estimate of drug-likeness (QED) is 0.855. The first kappa shape index (κ1) is 14.3. The fraction of sp³-hybridized carbons (Fsp3) is 0.733. The molecule has 0 spiro atoms. The van der Waals surface area contributed by atoms with Gasteiger partial charge in [0.1, 0.15) is 5.78 Å². The fourth-order valence-electron chi connectivity index (χ4n) is 3.16. The molecule has 1 aromatic rings. The zero-order valence-electron chi connectivity index (χ0n) is 12.1. The van der Waals surface area contributed by atoms with E-state index in [2.05, 4.69) is 17.3 Å². The Morgan fingerprint density at radius 3 is 3.00 bits per heavy atom. The van der Waals surface area contributed by atoms with Crippen molar-refractivity contribution in [2.24, 2.45) is 12.5 Å². The Balaban J connectivity index is 1.95. The molecule has 1 saturated heterocycles. The van der Waals surface area contributed by atoms with E-state index in [4.69, 9.17) is 0 Å². The van der Waals surface area contributed by atoms with Crippen molar-refractivity contribution < 1.29 is 4.79 Å². The predicted molar refractivity (Wildman–Crippen MR) is 76.0 cm³/mol. The van der Waals surface area contributed by atoms with Gasteiger partial charge in [-0.1, -0.05) is 13.3 Å². The van der Waals surface area contributed by atoms with Crippen molar-refractivity contribution in [3.05, 3.63) is 18.0 Å². The second kappa shape index (κ2) is 6.33. The molecule has 1 unspecified atom stereocenters. The lowest BCUT2D eigenvalue weighted by molar-refractivity contribution is -0.130. The largest absolute Gasteiger partial charge is 0.316 e. The zero-order valence-corrected chi connectivity index (χ0v) is 12.1. The minimum atomic E-state index is -0.102. The number of piperidine rings is 1. The number of Topliss-reactive ketones (excluding diaryl/α,β-unsaturated/α-hetero) is 1. The van der Waals surface area contributed by atoms with Crippen molar-refractivity contribution in [1.82, 2.24) is 15.1 Å². The van der Waals surface area contributed by atoms with Gasteiger partial charge in [-0.05, 0) is 37.8 Å². The molecule has 0 aromatic carbocycles. The van der Waals surface area contributed by atoms with Gasteiger partial charge < -0.3 is 5.32 Å². The van der Waals surface area contributed by atoms with E-state index in [0.29, 0.717) is 12.2 Å². The maximum Gasteiger partial charge on any atom is 0.140 e. The number of ketones is 1. The van der Waals surface area contributed by atoms with Crippen LogP contribution in [0, 0.1) is 5.41 Å². The van der Waals surface area contributed by atoms with E-state index in [1.165, 1.54) is 0 Å². The molecule has 1 N–H and O–H groups in total. The van der Waals surface area contributed by atoms with Crippen LogP contribution in [0.15, 0.2) is 12.4 Å². The van der Waals surface area contributed by atoms with E-state index in [1.807, 2.05) is 19.4 Å². The monoisotopic (exact) mass is 263 g/mol. The van der Waals surface area contributed by atoms with Gasteiger partial charge in [0.15, 0.2) is 0 Å². The van der Waals surface area contributed by atoms with Gasteiger partial charge in [0, 0.05) is 31.6 Å². The van der Waals surface area contributed by atoms with Crippen molar-refractivity contribution in [1.29, 1.82) is 0 Å². The fourth-order valence-corrected chi connectivity index (χ4v) is 3.16. The summed E-state index contributed by atoms with van der Waals surface area (Å²) in [6.45, 7) is 4.10. The van der Waals surface area contributed by atoms with Crippen LogP contribution in [0.5, 0.6) is 0 Å². The number of nitrogens with one attached hydrogen (secondary N) is 1. The van der Waals surface area contributed by atoms with Gasteiger partial charge >= 0.3 is 0 Å². The molecule has 106 valence electrons. The van der Waals surface area contributed by atoms with Crippen molar-refractivity contribution in [2.45, 2.75) is 45.4 Å². The van der Waals surface area contributed by atoms with Crippen molar-refractivity contribution in [3.8, 4) is 0 Å². The molecular formula is C15H25N3O. The lowest BCUT2D eigenvalue weighted by atomic mass is 9.72. The highest BCUT2D eigenvalue weighted by Crippen LogP contribution is 2.34. The summed E-state index contributed by atoms with van der Waals surface area (Å²) in [7, 11) is 1.91. The van der Waals surface area contributed by atoms with Gasteiger partial charge in [0.25, 0.3) is 0 Å². The van der Waals surface area contributed by atoms with Crippen LogP contribution in [0.1, 0.15) is 44.6 Å². The minimum absolute atomic E-state index is 0.102. The Hall–Kier alpha value is -1.16. The lowest BCUT2D eigenvalue weighted by Crippen LogP contribution is -2.45. The van der Waals surface area contributed by atoms with Crippen molar-refractivity contribution in [2.75, 3.05) is 13.1 Å². The van der Waals surface area contributed by atoms with Gasteiger partial charge in [-0.3, -0.25) is 9.48 Å². The van der Waals surface area contributed by atoms with Gasteiger partial charge in [-0.25, -0.2) is 0 Å². The molecule has 4 nitrogen and oxygen atoms in total. The summed E-state index contributed by atoms with van der Waals surface area (Å²) in [4.78, 5) is 12.6. The number of hydrogen-bond acceptors (Lipinski definition) is 3. The number of rotatable bonds is 6. The molecule has 0 bridgehead atoms. The molecule has 0 amide bonds. The average Bonchev–Trinajstić information content (AvgIpc) is 2.83. The van der Waals surface area contributed by atoms with Crippen LogP contribution in [0.3, 0.4) is 0 Å². The summed E-state index contributed by atoms with van der Waals surface area (Å²) < 4.78 is 1.80. The molecule has 1 aliphatic heterocycles. The highest BCUT2D eigenvalue weighted by atomic mass is 16.1. The van der Waals surface area contributed by atoms with E-state index >= 15 is 0 Å². The molecule has 2 heterocycles. The molecular weight excluding hydrogens is 238 g/mol. The van der Waals surface area contributed by atoms with E-state index < -0.39 is 0 Å². The van der Waals surface area contributed by atoms with Crippen LogP contribution in [0.2, 0.25) is 0 Å². The molecule has 1 atom stereocenters. The van der Waals surface area contributed by atoms with Crippen LogP contribution in [0.4, 0.5) is 0 Å². The summed E-state index contributed by atoms with van der Waals surface area (Å²) >= 11 is 0. The first-order valence-corrected chi connectivity index (χ1v) is 7.38. The molecule has 0 radical (unpaired) electrons. The highest BCUT2D eigenvalue weighted by molar-refractivity contribution is 5.85. The Kier molecular flexibility index (Phi) is 4.75. The number of nitrogens with zero attached hydrogens (tertiary/aromatic N) is 2. The summed E-state index contributed by atoms with van der Waals surface area (Å²) in [5, 5.41) is 7.56. The number of carbonyl (C=O) groups excluding carboxylic acids is 1. The molecule has 1 fully saturated rings. The Labute approximate surface area is 115 Å². The third-order valence-electron chi connectivity index (χ3n) is 4.19. The number of aromatic nitrogens is 2. The standard InChI is InChI=1S/C15H25N3O/c1-3-7-15(8-4-9-16-12-15)14(19)6-5-13-10-17-18(2)11-13/h10-11,16H,3-9,12H2,1-2H3. The van der Waals surface area contributed by atoms with Gasteiger partial charge in [0.05, 0.1) is 6.20 Å². The third-order valence-corrected chi connectivity index (χ3v) is 4.19. The highest BCUT2D eigenvalue weighted by Gasteiger charge is 2.37. The number of hydrogen-bond donors (Lipinski definition) is 1. The topological polar surface area (TPSA) is 46.9 Å². The average molecular weight is 263 g/mol. The number of aryl methyl sites for hydroxylation is 2. The summed E-state index contributed by atoms with van der Waals surface area (Å²) in [5.41, 5.74) is 1.06. The maximum atomic E-state index is 12.6. The summed E-state index contributed by atoms with van der Waals surface area (Å²) in [6.07, 6.45) is 9.60. The SMILES string of the molecule is CCCC1(C(=O)CCc2cnn(C)c2)CCCNC1. The minimum Gasteiger partial charge on any atom is -0.316 e. The van der Waals surface area contributed by atoms with Crippen molar-refractivity contribution >= 4 is 5.78 Å². The van der Waals surface area contributed by atoms with Crippen LogP contribution >= 0.6 is 0 Å². The van der Waals surface area contributed by atoms with Crippen LogP contribution in [0.25, 0.3) is 0 Å². The van der Waals surface area contributed by atoms with Gasteiger partial charge in [0.2, 0.25) is 0 Å². The van der Waals surface area contributed by atoms with E-state index in [-0.39, 0.29) is 5.41 Å². The molecule has 2 rings (SSSR count). The molecule has 1 aromatic heterocycles. The molecule has 0 aliphatic carbocycles. The zero-order chi connectivity index (χ0) is 13.7. The number of carbonyl (C=O) groups is 1.